The summed E-state index contributed by atoms with van der Waals surface area (Å²) in [6.07, 6.45) is 2.06. The lowest BCUT2D eigenvalue weighted by Crippen LogP contribution is -2.60. The second-order valence-electron chi connectivity index (χ2n) is 11.6. The first-order chi connectivity index (χ1) is 20.4. The van der Waals surface area contributed by atoms with Gasteiger partial charge in [-0.25, -0.2) is 9.37 Å². The van der Waals surface area contributed by atoms with Crippen molar-refractivity contribution in [3.8, 4) is 11.3 Å². The van der Waals surface area contributed by atoms with Crippen LogP contribution in [0.2, 0.25) is 5.02 Å². The zero-order valence-electron chi connectivity index (χ0n) is 25.1. The van der Waals surface area contributed by atoms with Gasteiger partial charge in [-0.2, -0.15) is 4.99 Å². The average Bonchev–Trinajstić information content (AvgIpc) is 3.10. The molecule has 43 heavy (non-hydrogen) atoms. The molecule has 2 aliphatic heterocycles. The third-order valence-electron chi connectivity index (χ3n) is 7.97. The number of benzene rings is 1. The van der Waals surface area contributed by atoms with Gasteiger partial charge in [0, 0.05) is 36.9 Å². The van der Waals surface area contributed by atoms with E-state index < -0.39 is 17.6 Å². The Hall–Kier alpha value is -4.18. The molecule has 2 unspecified atom stereocenters. The van der Waals surface area contributed by atoms with E-state index in [-0.39, 0.29) is 47.4 Å². The van der Waals surface area contributed by atoms with E-state index >= 15 is 4.39 Å². The predicted molar refractivity (Wildman–Crippen MR) is 164 cm³/mol. The quantitative estimate of drug-likeness (QED) is 0.297. The van der Waals surface area contributed by atoms with Gasteiger partial charge in [0.2, 0.25) is 6.29 Å². The van der Waals surface area contributed by atoms with E-state index in [1.807, 2.05) is 52.5 Å². The van der Waals surface area contributed by atoms with Crippen LogP contribution in [0, 0.1) is 19.7 Å². The largest absolute Gasteiger partial charge is 0.349 e. The van der Waals surface area contributed by atoms with Gasteiger partial charge in [-0.3, -0.25) is 19.4 Å². The average molecular weight is 605 g/mol. The number of carbonyl (C=O) groups is 3. The number of amides is 2. The number of aliphatic imine (C=N–C) groups is 1. The Bertz CT molecular complexity index is 1660. The third kappa shape index (κ3) is 5.63. The number of fused-ring (bicyclic) bond motifs is 1. The van der Waals surface area contributed by atoms with Crippen molar-refractivity contribution in [3.63, 3.8) is 0 Å². The zero-order valence-corrected chi connectivity index (χ0v) is 25.8. The molecule has 11 heteroatoms. The maximum atomic E-state index is 15.2. The number of rotatable bonds is 4. The number of aromatic nitrogens is 2. The summed E-state index contributed by atoms with van der Waals surface area (Å²) in [4.78, 5) is 56.6. The highest BCUT2D eigenvalue weighted by Gasteiger charge is 2.38. The molecule has 224 valence electrons. The van der Waals surface area contributed by atoms with Crippen LogP contribution in [0.25, 0.3) is 11.3 Å². The van der Waals surface area contributed by atoms with Gasteiger partial charge in [-0.1, -0.05) is 37.1 Å². The van der Waals surface area contributed by atoms with Crippen LogP contribution in [0.4, 0.5) is 15.9 Å². The Labute approximate surface area is 255 Å². The molecule has 0 bridgehead atoms. The molecule has 4 heterocycles. The summed E-state index contributed by atoms with van der Waals surface area (Å²) in [6.45, 7) is 12.1. The Morgan fingerprint density at radius 2 is 1.84 bits per heavy atom. The Morgan fingerprint density at radius 1 is 1.09 bits per heavy atom. The molecule has 3 aromatic rings. The van der Waals surface area contributed by atoms with Crippen LogP contribution in [0.3, 0.4) is 0 Å². The lowest BCUT2D eigenvalue weighted by atomic mass is 10.0. The number of aryl methyl sites for hydroxylation is 2. The molecule has 2 atom stereocenters. The van der Waals surface area contributed by atoms with Gasteiger partial charge in [-0.15, -0.1) is 0 Å². The normalized spacial score (nSPS) is 18.9. The fourth-order valence-corrected chi connectivity index (χ4v) is 6.08. The second-order valence-corrected chi connectivity index (χ2v) is 12.0. The predicted octanol–water partition coefficient (Wildman–Crippen LogP) is 5.22. The fourth-order valence-electron chi connectivity index (χ4n) is 5.83. The van der Waals surface area contributed by atoms with E-state index in [0.717, 1.165) is 22.5 Å². The highest BCUT2D eigenvalue weighted by molar-refractivity contribution is 6.34. The first-order valence-corrected chi connectivity index (χ1v) is 14.6. The minimum Gasteiger partial charge on any atom is -0.349 e. The SMILES string of the molecule is Cc1ccc(F)c(-c2nc3c(cc2Cl)C(N2CC(C)N(C(=O)C=O)CC2C)=NC(=O)CN3c2c(C)ccnc2C(C)C)c1. The van der Waals surface area contributed by atoms with Crippen molar-refractivity contribution in [2.75, 3.05) is 24.5 Å². The van der Waals surface area contributed by atoms with Crippen LogP contribution >= 0.6 is 11.6 Å². The number of nitrogens with zero attached hydrogens (tertiary/aromatic N) is 6. The number of piperazine rings is 1. The monoisotopic (exact) mass is 604 g/mol. The lowest BCUT2D eigenvalue weighted by Gasteiger charge is -2.44. The number of carbonyl (C=O) groups excluding carboxylic acids is 3. The van der Waals surface area contributed by atoms with Gasteiger partial charge >= 0.3 is 0 Å². The van der Waals surface area contributed by atoms with E-state index in [4.69, 9.17) is 16.6 Å². The molecule has 0 saturated carbocycles. The van der Waals surface area contributed by atoms with Crippen molar-refractivity contribution >= 4 is 47.0 Å². The number of amidine groups is 1. The highest BCUT2D eigenvalue weighted by Crippen LogP contribution is 2.41. The third-order valence-corrected chi connectivity index (χ3v) is 8.25. The number of anilines is 2. The first kappa shape index (κ1) is 30.3. The van der Waals surface area contributed by atoms with Gasteiger partial charge in [0.15, 0.2) is 0 Å². The summed E-state index contributed by atoms with van der Waals surface area (Å²) in [5, 5.41) is 0.202. The summed E-state index contributed by atoms with van der Waals surface area (Å²) in [5.41, 5.74) is 4.24. The molecule has 0 radical (unpaired) electrons. The van der Waals surface area contributed by atoms with E-state index in [2.05, 4.69) is 9.98 Å². The van der Waals surface area contributed by atoms with Crippen molar-refractivity contribution in [3.05, 3.63) is 69.8 Å². The molecular weight excluding hydrogens is 571 g/mol. The van der Waals surface area contributed by atoms with Crippen molar-refractivity contribution in [1.29, 1.82) is 0 Å². The van der Waals surface area contributed by atoms with Gasteiger partial charge < -0.3 is 14.7 Å². The zero-order chi connectivity index (χ0) is 31.2. The van der Waals surface area contributed by atoms with Crippen LogP contribution in [0.15, 0.2) is 41.5 Å². The molecule has 0 spiro atoms. The minimum absolute atomic E-state index is 0.0300. The van der Waals surface area contributed by atoms with Crippen LogP contribution in [-0.4, -0.2) is 75.4 Å². The molecule has 1 aromatic carbocycles. The molecule has 1 saturated heterocycles. The number of hydrogen-bond donors (Lipinski definition) is 0. The van der Waals surface area contributed by atoms with Crippen LogP contribution in [-0.2, 0) is 14.4 Å². The van der Waals surface area contributed by atoms with Gasteiger partial charge in [0.05, 0.1) is 27.7 Å². The topological polar surface area (TPSA) is 99.1 Å². The molecule has 0 aliphatic carbocycles. The number of pyridine rings is 2. The smallest absolute Gasteiger partial charge is 0.287 e. The summed E-state index contributed by atoms with van der Waals surface area (Å²) in [6, 6.07) is 7.70. The van der Waals surface area contributed by atoms with Crippen LogP contribution < -0.4 is 4.90 Å². The van der Waals surface area contributed by atoms with Gasteiger partial charge in [0.1, 0.15) is 24.0 Å². The standard InChI is InChI=1S/C32H34ClFN6O3/c1-17(2)28-30(19(4)9-10-35-28)40-15-26(42)36-31(39-14-20(5)38(13-21(39)6)27(43)16-41)23-12-24(33)29(37-32(23)40)22-11-18(3)7-8-25(22)34/h7-12,16-17,20-21H,13-15H2,1-6H3. The Kier molecular flexibility index (Phi) is 8.34. The molecule has 2 aliphatic rings. The van der Waals surface area contributed by atoms with Crippen molar-refractivity contribution in [2.24, 2.45) is 4.99 Å². The van der Waals surface area contributed by atoms with Gasteiger partial charge in [0.25, 0.3) is 11.8 Å². The highest BCUT2D eigenvalue weighted by atomic mass is 35.5. The Balaban J connectivity index is 1.75. The molecular formula is C32H34ClFN6O3. The number of halogens is 2. The maximum absolute atomic E-state index is 15.2. The number of aldehydes is 1. The summed E-state index contributed by atoms with van der Waals surface area (Å²) >= 11 is 6.86. The van der Waals surface area contributed by atoms with E-state index in [9.17, 15) is 14.4 Å². The lowest BCUT2D eigenvalue weighted by molar-refractivity contribution is -0.142. The first-order valence-electron chi connectivity index (χ1n) is 14.3. The molecule has 9 nitrogen and oxygen atoms in total. The summed E-state index contributed by atoms with van der Waals surface area (Å²) in [7, 11) is 0. The van der Waals surface area contributed by atoms with Crippen molar-refractivity contribution in [2.45, 2.75) is 59.5 Å². The molecule has 0 N–H and O–H groups in total. The van der Waals surface area contributed by atoms with Crippen molar-refractivity contribution in [1.82, 2.24) is 19.8 Å². The fraction of sp³-hybridized carbons (Fsp3) is 0.375. The van der Waals surface area contributed by atoms with Crippen molar-refractivity contribution < 1.29 is 18.8 Å². The second kappa shape index (κ2) is 11.8. The van der Waals surface area contributed by atoms with Crippen LogP contribution in [0.1, 0.15) is 56.0 Å². The summed E-state index contributed by atoms with van der Waals surface area (Å²) < 4.78 is 15.2. The molecule has 1 fully saturated rings. The summed E-state index contributed by atoms with van der Waals surface area (Å²) in [5.74, 6) is -0.678. The van der Waals surface area contributed by atoms with E-state index in [1.165, 1.54) is 11.0 Å². The minimum atomic E-state index is -0.591. The molecule has 5 rings (SSSR count). The molecule has 2 amide bonds. The van der Waals surface area contributed by atoms with Crippen LogP contribution in [0.5, 0.6) is 0 Å². The van der Waals surface area contributed by atoms with E-state index in [1.54, 1.807) is 29.3 Å². The van der Waals surface area contributed by atoms with Gasteiger partial charge in [-0.05, 0) is 63.4 Å². The molecule has 2 aromatic heterocycles. The maximum Gasteiger partial charge on any atom is 0.287 e. The van der Waals surface area contributed by atoms with E-state index in [0.29, 0.717) is 30.0 Å². The number of hydrogen-bond acceptors (Lipinski definition) is 7. The Morgan fingerprint density at radius 3 is 2.53 bits per heavy atom.